The largest absolute Gasteiger partial charge is 0.493 e. The zero-order chi connectivity index (χ0) is 18.1. The molecule has 2 aromatic carbocycles. The summed E-state index contributed by atoms with van der Waals surface area (Å²) in [5.41, 5.74) is 2.83. The summed E-state index contributed by atoms with van der Waals surface area (Å²) in [4.78, 5) is 13.2. The number of halogens is 1. The molecule has 0 saturated heterocycles. The Hall–Kier alpha value is -2.24. The van der Waals surface area contributed by atoms with Crippen LogP contribution in [-0.4, -0.2) is 20.1 Å². The number of rotatable bonds is 4. The number of hydrogen-bond donors (Lipinski definition) is 1. The van der Waals surface area contributed by atoms with Crippen molar-refractivity contribution in [3.8, 4) is 11.5 Å². The first-order chi connectivity index (χ1) is 12.0. The molecule has 3 rings (SSSR count). The predicted octanol–water partition coefficient (Wildman–Crippen LogP) is 5.44. The van der Waals surface area contributed by atoms with Crippen LogP contribution in [0.2, 0.25) is 5.02 Å². The SMILES string of the molecule is COc1cc2sc(C(=O)Nc3c(C)cccc3C)c(Cl)c2cc1OC. The molecule has 1 heterocycles. The molecule has 0 aliphatic carbocycles. The highest BCUT2D eigenvalue weighted by Gasteiger charge is 2.20. The molecule has 4 nitrogen and oxygen atoms in total. The maximum absolute atomic E-state index is 12.8. The predicted molar refractivity (Wildman–Crippen MR) is 104 cm³/mol. The van der Waals surface area contributed by atoms with Crippen molar-refractivity contribution in [1.82, 2.24) is 0 Å². The van der Waals surface area contributed by atoms with E-state index in [1.54, 1.807) is 20.3 Å². The highest BCUT2D eigenvalue weighted by atomic mass is 35.5. The lowest BCUT2D eigenvalue weighted by molar-refractivity contribution is 0.103. The highest BCUT2D eigenvalue weighted by molar-refractivity contribution is 7.21. The van der Waals surface area contributed by atoms with Gasteiger partial charge < -0.3 is 14.8 Å². The van der Waals surface area contributed by atoms with Crippen molar-refractivity contribution in [2.75, 3.05) is 19.5 Å². The smallest absolute Gasteiger partial charge is 0.267 e. The number of hydrogen-bond acceptors (Lipinski definition) is 4. The van der Waals surface area contributed by atoms with Gasteiger partial charge in [0.2, 0.25) is 0 Å². The first-order valence-electron chi connectivity index (χ1n) is 7.67. The minimum atomic E-state index is -0.221. The summed E-state index contributed by atoms with van der Waals surface area (Å²) in [5.74, 6) is 0.965. The van der Waals surface area contributed by atoms with Gasteiger partial charge in [0.05, 0.1) is 19.2 Å². The molecule has 130 valence electrons. The number of methoxy groups -OCH3 is 2. The van der Waals surface area contributed by atoms with Crippen molar-refractivity contribution in [3.63, 3.8) is 0 Å². The van der Waals surface area contributed by atoms with E-state index >= 15 is 0 Å². The van der Waals surface area contributed by atoms with Gasteiger partial charge in [-0.2, -0.15) is 0 Å². The van der Waals surface area contributed by atoms with E-state index in [0.29, 0.717) is 21.4 Å². The molecular weight excluding hydrogens is 358 g/mol. The van der Waals surface area contributed by atoms with Crippen LogP contribution in [0, 0.1) is 13.8 Å². The summed E-state index contributed by atoms with van der Waals surface area (Å²) in [6.07, 6.45) is 0. The van der Waals surface area contributed by atoms with E-state index in [9.17, 15) is 4.79 Å². The molecule has 1 N–H and O–H groups in total. The van der Waals surface area contributed by atoms with Crippen molar-refractivity contribution in [1.29, 1.82) is 0 Å². The molecule has 1 amide bonds. The summed E-state index contributed by atoms with van der Waals surface area (Å²) in [7, 11) is 3.14. The van der Waals surface area contributed by atoms with E-state index in [1.165, 1.54) is 11.3 Å². The zero-order valence-electron chi connectivity index (χ0n) is 14.4. The molecular formula is C19H18ClNO3S. The van der Waals surface area contributed by atoms with E-state index in [4.69, 9.17) is 21.1 Å². The number of ether oxygens (including phenoxy) is 2. The van der Waals surface area contributed by atoms with E-state index < -0.39 is 0 Å². The number of carbonyl (C=O) groups is 1. The first kappa shape index (κ1) is 17.6. The number of fused-ring (bicyclic) bond motifs is 1. The van der Waals surface area contributed by atoms with Crippen LogP contribution >= 0.6 is 22.9 Å². The Bertz CT molecular complexity index is 945. The van der Waals surface area contributed by atoms with Crippen molar-refractivity contribution in [2.24, 2.45) is 0 Å². The molecule has 0 atom stereocenters. The highest BCUT2D eigenvalue weighted by Crippen LogP contribution is 2.42. The lowest BCUT2D eigenvalue weighted by Crippen LogP contribution is -2.12. The standard InChI is InChI=1S/C19H18ClNO3S/c1-10-6-5-7-11(2)17(10)21-19(22)18-16(20)12-8-13(23-3)14(24-4)9-15(12)25-18/h5-9H,1-4H3,(H,21,22). The van der Waals surface area contributed by atoms with Gasteiger partial charge in [-0.05, 0) is 31.0 Å². The maximum Gasteiger partial charge on any atom is 0.267 e. The van der Waals surface area contributed by atoms with Gasteiger partial charge in [0.1, 0.15) is 4.88 Å². The third-order valence-corrected chi connectivity index (χ3v) is 5.72. The van der Waals surface area contributed by atoms with Crippen LogP contribution in [0.4, 0.5) is 5.69 Å². The lowest BCUT2D eigenvalue weighted by atomic mass is 10.1. The fourth-order valence-corrected chi connectivity index (χ4v) is 4.14. The van der Waals surface area contributed by atoms with Crippen molar-refractivity contribution >= 4 is 44.6 Å². The maximum atomic E-state index is 12.8. The Labute approximate surface area is 155 Å². The molecule has 0 radical (unpaired) electrons. The minimum Gasteiger partial charge on any atom is -0.493 e. The third kappa shape index (κ3) is 3.17. The van der Waals surface area contributed by atoms with Crippen LogP contribution in [0.1, 0.15) is 20.8 Å². The van der Waals surface area contributed by atoms with Gasteiger partial charge in [0.25, 0.3) is 5.91 Å². The van der Waals surface area contributed by atoms with Gasteiger partial charge in [-0.3, -0.25) is 4.79 Å². The molecule has 0 aliphatic rings. The summed E-state index contributed by atoms with van der Waals surface area (Å²) in [5, 5.41) is 4.17. The second-order valence-electron chi connectivity index (χ2n) is 5.67. The Morgan fingerprint density at radius 1 is 1.08 bits per heavy atom. The van der Waals surface area contributed by atoms with Gasteiger partial charge in [-0.25, -0.2) is 0 Å². The van der Waals surface area contributed by atoms with E-state index in [0.717, 1.165) is 26.9 Å². The number of thiophene rings is 1. The number of benzene rings is 2. The number of para-hydroxylation sites is 1. The number of amides is 1. The summed E-state index contributed by atoms with van der Waals surface area (Å²) >= 11 is 7.81. The number of anilines is 1. The normalized spacial score (nSPS) is 10.8. The van der Waals surface area contributed by atoms with Crippen LogP contribution in [0.15, 0.2) is 30.3 Å². The van der Waals surface area contributed by atoms with Crippen molar-refractivity contribution in [3.05, 3.63) is 51.4 Å². The van der Waals surface area contributed by atoms with Gasteiger partial charge in [0.15, 0.2) is 11.5 Å². The zero-order valence-corrected chi connectivity index (χ0v) is 16.0. The van der Waals surface area contributed by atoms with Crippen LogP contribution in [0.3, 0.4) is 0 Å². The first-order valence-corrected chi connectivity index (χ1v) is 8.87. The molecule has 0 aliphatic heterocycles. The summed E-state index contributed by atoms with van der Waals surface area (Å²) < 4.78 is 11.5. The molecule has 0 saturated carbocycles. The molecule has 1 aromatic heterocycles. The molecule has 6 heteroatoms. The third-order valence-electron chi connectivity index (χ3n) is 4.06. The summed E-state index contributed by atoms with van der Waals surface area (Å²) in [6.45, 7) is 3.93. The Kier molecular flexibility index (Phi) is 4.88. The van der Waals surface area contributed by atoms with Crippen molar-refractivity contribution in [2.45, 2.75) is 13.8 Å². The van der Waals surface area contributed by atoms with Crippen LogP contribution in [0.25, 0.3) is 10.1 Å². The Morgan fingerprint density at radius 3 is 2.28 bits per heavy atom. The fraction of sp³-hybridized carbons (Fsp3) is 0.211. The monoisotopic (exact) mass is 375 g/mol. The van der Waals surface area contributed by atoms with Crippen molar-refractivity contribution < 1.29 is 14.3 Å². The molecule has 0 spiro atoms. The number of nitrogens with one attached hydrogen (secondary N) is 1. The number of aryl methyl sites for hydroxylation is 2. The topological polar surface area (TPSA) is 47.6 Å². The molecule has 0 unspecified atom stereocenters. The van der Waals surface area contributed by atoms with E-state index in [-0.39, 0.29) is 5.91 Å². The molecule has 0 fully saturated rings. The van der Waals surface area contributed by atoms with E-state index in [1.807, 2.05) is 38.1 Å². The minimum absolute atomic E-state index is 0.221. The lowest BCUT2D eigenvalue weighted by Gasteiger charge is -2.10. The quantitative estimate of drug-likeness (QED) is 0.660. The van der Waals surface area contributed by atoms with Gasteiger partial charge in [0, 0.05) is 21.8 Å². The fourth-order valence-electron chi connectivity index (χ4n) is 2.72. The molecule has 0 bridgehead atoms. The second kappa shape index (κ2) is 6.94. The van der Waals surface area contributed by atoms with Crippen LogP contribution in [-0.2, 0) is 0 Å². The van der Waals surface area contributed by atoms with Crippen LogP contribution in [0.5, 0.6) is 11.5 Å². The average molecular weight is 376 g/mol. The average Bonchev–Trinajstić information content (AvgIpc) is 2.93. The molecule has 25 heavy (non-hydrogen) atoms. The summed E-state index contributed by atoms with van der Waals surface area (Å²) in [6, 6.07) is 9.52. The molecule has 3 aromatic rings. The number of carbonyl (C=O) groups excluding carboxylic acids is 1. The Balaban J connectivity index is 2.03. The van der Waals surface area contributed by atoms with Gasteiger partial charge in [-0.1, -0.05) is 29.8 Å². The van der Waals surface area contributed by atoms with Gasteiger partial charge >= 0.3 is 0 Å². The second-order valence-corrected chi connectivity index (χ2v) is 7.10. The van der Waals surface area contributed by atoms with Crippen LogP contribution < -0.4 is 14.8 Å². The van der Waals surface area contributed by atoms with Gasteiger partial charge in [-0.15, -0.1) is 11.3 Å². The van der Waals surface area contributed by atoms with E-state index in [2.05, 4.69) is 5.32 Å². The Morgan fingerprint density at radius 2 is 1.68 bits per heavy atom.